The van der Waals surface area contributed by atoms with Crippen LogP contribution >= 0.6 is 0 Å². The number of carbonyl (C=O) groups excluding carboxylic acids is 2. The Morgan fingerprint density at radius 2 is 1.75 bits per heavy atom. The average Bonchev–Trinajstić information content (AvgIpc) is 2.63. The highest BCUT2D eigenvalue weighted by Gasteiger charge is 2.19. The minimum Gasteiger partial charge on any atom is -0.481 e. The number of benzene rings is 2. The zero-order valence-corrected chi connectivity index (χ0v) is 17.5. The summed E-state index contributed by atoms with van der Waals surface area (Å²) in [4.78, 5) is 24.5. The third-order valence-corrected chi connectivity index (χ3v) is 4.46. The third-order valence-electron chi connectivity index (χ3n) is 4.46. The quantitative estimate of drug-likeness (QED) is 0.683. The largest absolute Gasteiger partial charge is 0.481 e. The van der Waals surface area contributed by atoms with Gasteiger partial charge in [0.1, 0.15) is 5.75 Å². The van der Waals surface area contributed by atoms with Crippen LogP contribution in [-0.2, 0) is 9.53 Å². The van der Waals surface area contributed by atoms with Gasteiger partial charge in [-0.1, -0.05) is 26.0 Å². The molecule has 5 nitrogen and oxygen atoms in total. The first kappa shape index (κ1) is 21.5. The van der Waals surface area contributed by atoms with Crippen molar-refractivity contribution in [2.75, 3.05) is 11.9 Å². The second-order valence-corrected chi connectivity index (χ2v) is 7.20. The molecular formula is C23H29NO4. The number of hydrogen-bond acceptors (Lipinski definition) is 4. The van der Waals surface area contributed by atoms with Crippen LogP contribution in [0.25, 0.3) is 0 Å². The van der Waals surface area contributed by atoms with Gasteiger partial charge in [0.05, 0.1) is 12.2 Å². The van der Waals surface area contributed by atoms with Crippen molar-refractivity contribution in [1.82, 2.24) is 0 Å². The number of aryl methyl sites for hydroxylation is 2. The molecule has 0 bridgehead atoms. The van der Waals surface area contributed by atoms with Crippen LogP contribution in [0.1, 0.15) is 60.7 Å². The summed E-state index contributed by atoms with van der Waals surface area (Å²) < 4.78 is 11.0. The summed E-state index contributed by atoms with van der Waals surface area (Å²) >= 11 is 0. The second-order valence-electron chi connectivity index (χ2n) is 7.20. The summed E-state index contributed by atoms with van der Waals surface area (Å²) in [5.74, 6) is 0.402. The first-order valence-corrected chi connectivity index (χ1v) is 9.58. The van der Waals surface area contributed by atoms with Gasteiger partial charge in [-0.3, -0.25) is 4.79 Å². The molecule has 0 saturated heterocycles. The van der Waals surface area contributed by atoms with Crippen LogP contribution < -0.4 is 10.1 Å². The lowest BCUT2D eigenvalue weighted by molar-refractivity contribution is -0.122. The third kappa shape index (κ3) is 5.35. The van der Waals surface area contributed by atoms with Crippen LogP contribution in [0.15, 0.2) is 36.4 Å². The van der Waals surface area contributed by atoms with Gasteiger partial charge in [0, 0.05) is 5.69 Å². The Hall–Kier alpha value is -2.82. The Bertz CT molecular complexity index is 858. The Morgan fingerprint density at radius 1 is 1.04 bits per heavy atom. The fourth-order valence-corrected chi connectivity index (χ4v) is 2.84. The molecule has 5 heteroatoms. The number of anilines is 1. The van der Waals surface area contributed by atoms with E-state index in [0.717, 1.165) is 22.4 Å². The molecule has 0 spiro atoms. The second kappa shape index (κ2) is 9.40. The van der Waals surface area contributed by atoms with Gasteiger partial charge in [-0.25, -0.2) is 4.79 Å². The summed E-state index contributed by atoms with van der Waals surface area (Å²) in [7, 11) is 0. The maximum absolute atomic E-state index is 12.6. The lowest BCUT2D eigenvalue weighted by Gasteiger charge is -2.20. The van der Waals surface area contributed by atoms with Gasteiger partial charge < -0.3 is 14.8 Å². The maximum Gasteiger partial charge on any atom is 0.338 e. The molecule has 0 aliphatic carbocycles. The summed E-state index contributed by atoms with van der Waals surface area (Å²) in [6.07, 6.45) is -0.663. The van der Waals surface area contributed by atoms with Gasteiger partial charge in [-0.05, 0) is 74.6 Å². The van der Waals surface area contributed by atoms with Crippen LogP contribution in [-0.4, -0.2) is 24.6 Å². The minimum atomic E-state index is -0.663. The molecule has 1 amide bonds. The Morgan fingerprint density at radius 3 is 2.36 bits per heavy atom. The Balaban J connectivity index is 2.11. The molecule has 28 heavy (non-hydrogen) atoms. The Labute approximate surface area is 167 Å². The summed E-state index contributed by atoms with van der Waals surface area (Å²) in [5.41, 5.74) is 4.03. The zero-order valence-electron chi connectivity index (χ0n) is 17.5. The van der Waals surface area contributed by atoms with Crippen molar-refractivity contribution >= 4 is 17.6 Å². The molecule has 0 unspecified atom stereocenters. The summed E-state index contributed by atoms with van der Waals surface area (Å²) in [6, 6.07) is 11.1. The number of nitrogens with one attached hydrogen (secondary N) is 1. The maximum atomic E-state index is 12.6. The van der Waals surface area contributed by atoms with Crippen LogP contribution in [0.4, 0.5) is 5.69 Å². The fourth-order valence-electron chi connectivity index (χ4n) is 2.84. The lowest BCUT2D eigenvalue weighted by Crippen LogP contribution is -2.30. The van der Waals surface area contributed by atoms with E-state index in [1.165, 1.54) is 0 Å². The summed E-state index contributed by atoms with van der Waals surface area (Å²) in [6.45, 7) is 11.8. The van der Waals surface area contributed by atoms with E-state index in [2.05, 4.69) is 19.2 Å². The lowest BCUT2D eigenvalue weighted by atomic mass is 10.0. The zero-order chi connectivity index (χ0) is 20.8. The highest BCUT2D eigenvalue weighted by molar-refractivity contribution is 5.96. The molecule has 2 aromatic rings. The van der Waals surface area contributed by atoms with E-state index in [1.807, 2.05) is 32.0 Å². The molecule has 150 valence electrons. The van der Waals surface area contributed by atoms with Gasteiger partial charge in [0.25, 0.3) is 5.91 Å². The predicted molar refractivity (Wildman–Crippen MR) is 111 cm³/mol. The number of rotatable bonds is 7. The first-order valence-electron chi connectivity index (χ1n) is 9.58. The molecular weight excluding hydrogens is 354 g/mol. The monoisotopic (exact) mass is 383 g/mol. The van der Waals surface area contributed by atoms with Crippen molar-refractivity contribution in [2.24, 2.45) is 0 Å². The Kier molecular flexibility index (Phi) is 7.21. The van der Waals surface area contributed by atoms with E-state index in [0.29, 0.717) is 23.8 Å². The molecule has 0 radical (unpaired) electrons. The standard InChI is InChI=1S/C23H29NO4/c1-7-27-23(26)18-9-11-20(16(5)13-18)24-22(25)17(6)28-21-12-15(4)8-10-19(21)14(2)3/h8-14,17H,7H2,1-6H3,(H,24,25)/t17-/m0/s1. The minimum absolute atomic E-state index is 0.247. The number of esters is 1. The molecule has 1 atom stereocenters. The van der Waals surface area contributed by atoms with Crippen molar-refractivity contribution < 1.29 is 19.1 Å². The van der Waals surface area contributed by atoms with Crippen molar-refractivity contribution in [1.29, 1.82) is 0 Å². The van der Waals surface area contributed by atoms with Gasteiger partial charge in [0.15, 0.2) is 6.10 Å². The van der Waals surface area contributed by atoms with Gasteiger partial charge in [-0.15, -0.1) is 0 Å². The molecule has 0 fully saturated rings. The van der Waals surface area contributed by atoms with Crippen LogP contribution in [0.3, 0.4) is 0 Å². The normalized spacial score (nSPS) is 11.8. The summed E-state index contributed by atoms with van der Waals surface area (Å²) in [5, 5.41) is 2.88. The number of hydrogen-bond donors (Lipinski definition) is 1. The van der Waals surface area contributed by atoms with Gasteiger partial charge in [-0.2, -0.15) is 0 Å². The highest BCUT2D eigenvalue weighted by atomic mass is 16.5. The van der Waals surface area contributed by atoms with Crippen molar-refractivity contribution in [3.05, 3.63) is 58.7 Å². The van der Waals surface area contributed by atoms with Gasteiger partial charge in [0.2, 0.25) is 0 Å². The predicted octanol–water partition coefficient (Wildman–Crippen LogP) is 5.01. The van der Waals surface area contributed by atoms with Gasteiger partial charge >= 0.3 is 5.97 Å². The van der Waals surface area contributed by atoms with E-state index in [9.17, 15) is 9.59 Å². The molecule has 2 rings (SSSR count). The molecule has 0 heterocycles. The molecule has 0 aliphatic rings. The van der Waals surface area contributed by atoms with Crippen LogP contribution in [0.5, 0.6) is 5.75 Å². The molecule has 2 aromatic carbocycles. The van der Waals surface area contributed by atoms with Crippen LogP contribution in [0.2, 0.25) is 0 Å². The smallest absolute Gasteiger partial charge is 0.338 e. The molecule has 0 saturated carbocycles. The molecule has 1 N–H and O–H groups in total. The average molecular weight is 383 g/mol. The number of amides is 1. The molecule has 0 aromatic heterocycles. The van der Waals surface area contributed by atoms with E-state index in [-0.39, 0.29) is 11.9 Å². The first-order chi connectivity index (χ1) is 13.2. The van der Waals surface area contributed by atoms with E-state index >= 15 is 0 Å². The van der Waals surface area contributed by atoms with E-state index < -0.39 is 6.10 Å². The molecule has 0 aliphatic heterocycles. The van der Waals surface area contributed by atoms with Crippen molar-refractivity contribution in [3.8, 4) is 5.75 Å². The van der Waals surface area contributed by atoms with Crippen molar-refractivity contribution in [2.45, 2.75) is 53.6 Å². The SMILES string of the molecule is CCOC(=O)c1ccc(NC(=O)[C@H](C)Oc2cc(C)ccc2C(C)C)c(C)c1. The van der Waals surface area contributed by atoms with E-state index in [4.69, 9.17) is 9.47 Å². The van der Waals surface area contributed by atoms with Crippen molar-refractivity contribution in [3.63, 3.8) is 0 Å². The number of ether oxygens (including phenoxy) is 2. The topological polar surface area (TPSA) is 64.6 Å². The fraction of sp³-hybridized carbons (Fsp3) is 0.391. The number of carbonyl (C=O) groups is 2. The van der Waals surface area contributed by atoms with Crippen LogP contribution in [0, 0.1) is 13.8 Å². The highest BCUT2D eigenvalue weighted by Crippen LogP contribution is 2.28. The van der Waals surface area contributed by atoms with E-state index in [1.54, 1.807) is 32.0 Å².